The van der Waals surface area contributed by atoms with Crippen LogP contribution in [-0.4, -0.2) is 28.8 Å². The number of nitrogens with zero attached hydrogens (tertiary/aromatic N) is 1. The van der Waals surface area contributed by atoms with Crippen molar-refractivity contribution >= 4 is 56.5 Å². The first-order valence-electron chi connectivity index (χ1n) is 7.91. The molecule has 1 amide bonds. The Hall–Kier alpha value is -2.58. The molecule has 8 heteroatoms. The van der Waals surface area contributed by atoms with Gasteiger partial charge >= 0.3 is 5.97 Å². The van der Waals surface area contributed by atoms with Gasteiger partial charge in [-0.1, -0.05) is 33.6 Å². The molecule has 2 aromatic rings. The lowest BCUT2D eigenvalue weighted by Crippen LogP contribution is -2.19. The number of thioether (sulfide) groups is 1. The summed E-state index contributed by atoms with van der Waals surface area (Å²) in [4.78, 5) is 27.9. The summed E-state index contributed by atoms with van der Waals surface area (Å²) in [5.41, 5.74) is 2.48. The maximum atomic E-state index is 12.3. The predicted octanol–water partition coefficient (Wildman–Crippen LogP) is 4.11. The lowest BCUT2D eigenvalue weighted by molar-refractivity contribution is -0.139. The van der Waals surface area contributed by atoms with Crippen molar-refractivity contribution in [3.05, 3.63) is 63.0 Å². The number of carboxylic acid groups (broad SMARTS) is 1. The molecule has 0 aromatic heterocycles. The van der Waals surface area contributed by atoms with Crippen LogP contribution in [0.2, 0.25) is 0 Å². The van der Waals surface area contributed by atoms with Crippen molar-refractivity contribution in [3.8, 4) is 5.75 Å². The third-order valence-electron chi connectivity index (χ3n) is 3.53. The quantitative estimate of drug-likeness (QED) is 0.674. The van der Waals surface area contributed by atoms with Crippen molar-refractivity contribution in [2.45, 2.75) is 6.92 Å². The van der Waals surface area contributed by atoms with Crippen LogP contribution in [0.3, 0.4) is 0 Å². The maximum absolute atomic E-state index is 12.3. The Morgan fingerprint density at radius 3 is 2.74 bits per heavy atom. The van der Waals surface area contributed by atoms with Crippen molar-refractivity contribution in [2.75, 3.05) is 6.61 Å². The molecule has 0 atom stereocenters. The average Bonchev–Trinajstić information content (AvgIpc) is 2.95. The number of aliphatic carboxylic acids is 1. The molecule has 0 unspecified atom stereocenters. The molecule has 138 valence electrons. The van der Waals surface area contributed by atoms with Crippen LogP contribution in [0.4, 0.5) is 5.69 Å². The third-order valence-corrected chi connectivity index (χ3v) is 4.93. The number of aliphatic imine (C=N–C) groups is 1. The number of halogens is 1. The Labute approximate surface area is 168 Å². The van der Waals surface area contributed by atoms with Gasteiger partial charge in [0.25, 0.3) is 5.91 Å². The van der Waals surface area contributed by atoms with Crippen molar-refractivity contribution in [1.29, 1.82) is 0 Å². The zero-order valence-electron chi connectivity index (χ0n) is 14.2. The van der Waals surface area contributed by atoms with Gasteiger partial charge in [-0.25, -0.2) is 9.79 Å². The van der Waals surface area contributed by atoms with Crippen molar-refractivity contribution in [1.82, 2.24) is 5.32 Å². The number of benzene rings is 2. The number of aryl methyl sites for hydroxylation is 1. The molecular weight excluding hydrogens is 432 g/mol. The summed E-state index contributed by atoms with van der Waals surface area (Å²) in [7, 11) is 0. The van der Waals surface area contributed by atoms with E-state index < -0.39 is 12.6 Å². The minimum absolute atomic E-state index is 0.268. The molecule has 27 heavy (non-hydrogen) atoms. The van der Waals surface area contributed by atoms with Crippen LogP contribution >= 0.6 is 27.7 Å². The predicted molar refractivity (Wildman–Crippen MR) is 109 cm³/mol. The highest BCUT2D eigenvalue weighted by molar-refractivity contribution is 9.10. The van der Waals surface area contributed by atoms with Crippen LogP contribution in [0.5, 0.6) is 5.75 Å². The van der Waals surface area contributed by atoms with Gasteiger partial charge in [0.1, 0.15) is 5.75 Å². The highest BCUT2D eigenvalue weighted by atomic mass is 79.9. The van der Waals surface area contributed by atoms with Crippen molar-refractivity contribution in [3.63, 3.8) is 0 Å². The van der Waals surface area contributed by atoms with E-state index >= 15 is 0 Å². The van der Waals surface area contributed by atoms with Gasteiger partial charge in [-0.2, -0.15) is 0 Å². The Morgan fingerprint density at radius 2 is 2.04 bits per heavy atom. The molecule has 1 aliphatic heterocycles. The van der Waals surface area contributed by atoms with Crippen LogP contribution in [0.15, 0.2) is 56.8 Å². The monoisotopic (exact) mass is 446 g/mol. The summed E-state index contributed by atoms with van der Waals surface area (Å²) in [5.74, 6) is -0.961. The molecule has 1 saturated heterocycles. The Bertz CT molecular complexity index is 955. The normalized spacial score (nSPS) is 16.6. The second kappa shape index (κ2) is 8.41. The number of carbonyl (C=O) groups excluding carboxylic acids is 1. The molecule has 2 aromatic carbocycles. The van der Waals surface area contributed by atoms with E-state index in [9.17, 15) is 9.59 Å². The van der Waals surface area contributed by atoms with E-state index in [0.717, 1.165) is 15.7 Å². The first-order chi connectivity index (χ1) is 12.9. The number of carboxylic acids is 1. The molecule has 0 radical (unpaired) electrons. The summed E-state index contributed by atoms with van der Waals surface area (Å²) in [6.07, 6.45) is 1.65. The Balaban J connectivity index is 1.85. The van der Waals surface area contributed by atoms with E-state index in [1.807, 2.05) is 31.2 Å². The number of nitrogens with one attached hydrogen (secondary N) is 1. The van der Waals surface area contributed by atoms with Crippen molar-refractivity contribution < 1.29 is 19.4 Å². The molecule has 0 spiro atoms. The fraction of sp³-hybridized carbons (Fsp3) is 0.105. The second-order valence-electron chi connectivity index (χ2n) is 5.68. The first-order valence-corrected chi connectivity index (χ1v) is 9.52. The fourth-order valence-electron chi connectivity index (χ4n) is 2.26. The number of hydrogen-bond acceptors (Lipinski definition) is 5. The van der Waals surface area contributed by atoms with E-state index in [-0.39, 0.29) is 5.91 Å². The summed E-state index contributed by atoms with van der Waals surface area (Å²) in [6.45, 7) is 1.53. The highest BCUT2D eigenvalue weighted by Crippen LogP contribution is 2.32. The summed E-state index contributed by atoms with van der Waals surface area (Å²) >= 11 is 4.59. The smallest absolute Gasteiger partial charge is 0.341 e. The molecule has 0 aliphatic carbocycles. The van der Waals surface area contributed by atoms with Crippen LogP contribution in [-0.2, 0) is 9.59 Å². The van der Waals surface area contributed by atoms with E-state index in [2.05, 4.69) is 26.2 Å². The van der Waals surface area contributed by atoms with Gasteiger partial charge in [0.05, 0.1) is 10.6 Å². The van der Waals surface area contributed by atoms with E-state index in [1.54, 1.807) is 24.3 Å². The zero-order valence-corrected chi connectivity index (χ0v) is 16.6. The largest absolute Gasteiger partial charge is 0.481 e. The van der Waals surface area contributed by atoms with Crippen LogP contribution in [0, 0.1) is 6.92 Å². The lowest BCUT2D eigenvalue weighted by atomic mass is 10.2. The van der Waals surface area contributed by atoms with E-state index in [4.69, 9.17) is 9.84 Å². The number of ether oxygens (including phenoxy) is 1. The molecule has 6 nitrogen and oxygen atoms in total. The average molecular weight is 447 g/mol. The number of carbonyl (C=O) groups is 2. The Morgan fingerprint density at radius 1 is 1.30 bits per heavy atom. The summed E-state index contributed by atoms with van der Waals surface area (Å²) < 4.78 is 6.08. The highest BCUT2D eigenvalue weighted by Gasteiger charge is 2.24. The molecule has 0 bridgehead atoms. The molecule has 2 N–H and O–H groups in total. The number of amides is 1. The fourth-order valence-corrected chi connectivity index (χ4v) is 3.47. The maximum Gasteiger partial charge on any atom is 0.341 e. The first kappa shape index (κ1) is 19.2. The topological polar surface area (TPSA) is 88.0 Å². The van der Waals surface area contributed by atoms with Gasteiger partial charge in [0.15, 0.2) is 11.8 Å². The number of rotatable bonds is 5. The van der Waals surface area contributed by atoms with E-state index in [1.165, 1.54) is 11.8 Å². The van der Waals surface area contributed by atoms with E-state index in [0.29, 0.717) is 21.4 Å². The Kier molecular flexibility index (Phi) is 5.98. The van der Waals surface area contributed by atoms with Gasteiger partial charge in [-0.3, -0.25) is 4.79 Å². The molecule has 1 fully saturated rings. The molecule has 1 aliphatic rings. The summed E-state index contributed by atoms with van der Waals surface area (Å²) in [6, 6.07) is 12.8. The van der Waals surface area contributed by atoms with Gasteiger partial charge in [-0.15, -0.1) is 0 Å². The van der Waals surface area contributed by atoms with Gasteiger partial charge in [-0.05, 0) is 55.1 Å². The molecular formula is C19H15BrN2O4S. The zero-order chi connectivity index (χ0) is 19.4. The number of amidine groups is 1. The third kappa shape index (κ3) is 5.21. The number of hydrogen-bond donors (Lipinski definition) is 2. The molecule has 1 heterocycles. The SMILES string of the molecule is Cc1ccc(N=C2NC(=O)/C(=C/c3cc(Br)ccc3OCC(=O)O)S2)cc1. The van der Waals surface area contributed by atoms with Crippen LogP contribution in [0.1, 0.15) is 11.1 Å². The van der Waals surface area contributed by atoms with Gasteiger partial charge in [0.2, 0.25) is 0 Å². The molecule has 0 saturated carbocycles. The van der Waals surface area contributed by atoms with Gasteiger partial charge in [0, 0.05) is 10.0 Å². The lowest BCUT2D eigenvalue weighted by Gasteiger charge is -2.08. The standard InChI is InChI=1S/C19H15BrN2O4S/c1-11-2-5-14(6-3-11)21-19-22-18(25)16(27-19)9-12-8-13(20)4-7-15(12)26-10-17(23)24/h2-9H,10H2,1H3,(H,23,24)(H,21,22,25)/b16-9-. The second-order valence-corrected chi connectivity index (χ2v) is 7.63. The van der Waals surface area contributed by atoms with Gasteiger partial charge < -0.3 is 15.2 Å². The minimum atomic E-state index is -1.07. The molecule has 3 rings (SSSR count). The van der Waals surface area contributed by atoms with Crippen LogP contribution < -0.4 is 10.1 Å². The summed E-state index contributed by atoms with van der Waals surface area (Å²) in [5, 5.41) is 12.0. The minimum Gasteiger partial charge on any atom is -0.481 e. The van der Waals surface area contributed by atoms with Crippen molar-refractivity contribution in [2.24, 2.45) is 4.99 Å². The van der Waals surface area contributed by atoms with Crippen LogP contribution in [0.25, 0.3) is 6.08 Å².